The number of benzene rings is 1. The Bertz CT molecular complexity index is 289. The molecule has 0 atom stereocenters. The van der Waals surface area contributed by atoms with Crippen molar-refractivity contribution >= 4 is 11.8 Å². The summed E-state index contributed by atoms with van der Waals surface area (Å²) in [5, 5.41) is 0. The van der Waals surface area contributed by atoms with Gasteiger partial charge in [-0.1, -0.05) is 50.4 Å². The van der Waals surface area contributed by atoms with Crippen molar-refractivity contribution in [1.29, 1.82) is 0 Å². The molecule has 0 radical (unpaired) electrons. The minimum Gasteiger partial charge on any atom is -0.0949 e. The Hall–Kier alpha value is -0.690. The van der Waals surface area contributed by atoms with E-state index in [4.69, 9.17) is 0 Å². The van der Waals surface area contributed by atoms with Crippen LogP contribution in [0.2, 0.25) is 0 Å². The van der Waals surface area contributed by atoms with E-state index < -0.39 is 0 Å². The first-order valence-electron chi connectivity index (χ1n) is 4.80. The van der Waals surface area contributed by atoms with Crippen LogP contribution in [0, 0.1) is 0 Å². The number of aryl methyl sites for hydroxylation is 1. The highest BCUT2D eigenvalue weighted by molar-refractivity contribution is 8.03. The Morgan fingerprint density at radius 1 is 1.15 bits per heavy atom. The number of thioether (sulfide) groups is 1. The van der Waals surface area contributed by atoms with E-state index >= 15 is 0 Å². The third-order valence-corrected chi connectivity index (χ3v) is 3.01. The molecule has 13 heavy (non-hydrogen) atoms. The molecule has 0 aromatic heterocycles. The molecule has 2 rings (SSSR count). The summed E-state index contributed by atoms with van der Waals surface area (Å²) in [5.74, 6) is 0. The average Bonchev–Trinajstić information content (AvgIpc) is 2.21. The monoisotopic (exact) mass is 192 g/mol. The summed E-state index contributed by atoms with van der Waals surface area (Å²) in [6, 6.07) is 8.57. The number of rotatable bonds is 0. The maximum Gasteiger partial charge on any atom is 0.0151 e. The Balaban J connectivity index is 0.000000396. The van der Waals surface area contributed by atoms with E-state index in [2.05, 4.69) is 30.8 Å². The topological polar surface area (TPSA) is 0 Å². The van der Waals surface area contributed by atoms with Crippen molar-refractivity contribution in [1.82, 2.24) is 0 Å². The first-order valence-corrected chi connectivity index (χ1v) is 5.61. The van der Waals surface area contributed by atoms with Crippen LogP contribution in [0.4, 0.5) is 0 Å². The maximum atomic E-state index is 3.98. The highest BCUT2D eigenvalue weighted by Crippen LogP contribution is 2.36. The molecular weight excluding hydrogens is 176 g/mol. The lowest BCUT2D eigenvalue weighted by molar-refractivity contribution is 0.944. The van der Waals surface area contributed by atoms with Gasteiger partial charge in [0.15, 0.2) is 0 Å². The van der Waals surface area contributed by atoms with Crippen LogP contribution in [-0.2, 0) is 6.42 Å². The summed E-state index contributed by atoms with van der Waals surface area (Å²) in [6.45, 7) is 7.98. The molecule has 0 fully saturated rings. The Morgan fingerprint density at radius 3 is 2.62 bits per heavy atom. The van der Waals surface area contributed by atoms with Gasteiger partial charge in [0.1, 0.15) is 0 Å². The third kappa shape index (κ3) is 2.63. The summed E-state index contributed by atoms with van der Waals surface area (Å²) in [4.78, 5) is 2.69. The van der Waals surface area contributed by atoms with Crippen molar-refractivity contribution in [2.75, 3.05) is 0 Å². The van der Waals surface area contributed by atoms with Crippen molar-refractivity contribution in [2.24, 2.45) is 0 Å². The lowest BCUT2D eigenvalue weighted by atomic mass is 10.1. The normalized spacial score (nSPS) is 14.2. The van der Waals surface area contributed by atoms with Gasteiger partial charge in [0, 0.05) is 4.90 Å². The van der Waals surface area contributed by atoms with Crippen molar-refractivity contribution < 1.29 is 0 Å². The minimum absolute atomic E-state index is 1.14. The van der Waals surface area contributed by atoms with Crippen molar-refractivity contribution in [3.05, 3.63) is 41.3 Å². The zero-order valence-electron chi connectivity index (χ0n) is 8.34. The molecule has 0 unspecified atom stereocenters. The standard InChI is InChI=1S/C10H10S.C2H6/c1-8-6-7-9-4-2-3-5-10(9)11-8;1-2/h2-5H,1,6-7H2;1-2H3. The van der Waals surface area contributed by atoms with Crippen molar-refractivity contribution in [3.8, 4) is 0 Å². The fourth-order valence-corrected chi connectivity index (χ4v) is 2.25. The largest absolute Gasteiger partial charge is 0.0949 e. The second-order valence-electron chi connectivity index (χ2n) is 2.75. The number of allylic oxidation sites excluding steroid dienone is 1. The van der Waals surface area contributed by atoms with E-state index in [0.29, 0.717) is 0 Å². The van der Waals surface area contributed by atoms with E-state index in [9.17, 15) is 0 Å². The van der Waals surface area contributed by atoms with Gasteiger partial charge in [0.25, 0.3) is 0 Å². The lowest BCUT2D eigenvalue weighted by Crippen LogP contribution is -1.94. The smallest absolute Gasteiger partial charge is 0.0151 e. The molecule has 1 aliphatic heterocycles. The molecule has 0 bridgehead atoms. The highest BCUT2D eigenvalue weighted by Gasteiger charge is 2.10. The maximum absolute atomic E-state index is 3.98. The molecule has 0 amide bonds. The molecule has 0 N–H and O–H groups in total. The highest BCUT2D eigenvalue weighted by atomic mass is 32.2. The number of hydrogen-bond donors (Lipinski definition) is 0. The molecule has 0 saturated heterocycles. The molecule has 0 aliphatic carbocycles. The van der Waals surface area contributed by atoms with Gasteiger partial charge in [0.2, 0.25) is 0 Å². The quantitative estimate of drug-likeness (QED) is 0.591. The third-order valence-electron chi connectivity index (χ3n) is 1.90. The van der Waals surface area contributed by atoms with Crippen LogP contribution in [0.15, 0.2) is 40.6 Å². The summed E-state index contributed by atoms with van der Waals surface area (Å²) in [6.07, 6.45) is 2.31. The van der Waals surface area contributed by atoms with Gasteiger partial charge >= 0.3 is 0 Å². The summed E-state index contributed by atoms with van der Waals surface area (Å²) < 4.78 is 0. The van der Waals surface area contributed by atoms with Crippen LogP contribution >= 0.6 is 11.8 Å². The summed E-state index contributed by atoms with van der Waals surface area (Å²) >= 11 is 1.82. The van der Waals surface area contributed by atoms with Crippen LogP contribution in [0.3, 0.4) is 0 Å². The average molecular weight is 192 g/mol. The van der Waals surface area contributed by atoms with Gasteiger partial charge in [-0.3, -0.25) is 0 Å². The fourth-order valence-electron chi connectivity index (χ4n) is 1.29. The SMILES string of the molecule is C=C1CCc2ccccc2S1.CC. The van der Waals surface area contributed by atoms with Crippen molar-refractivity contribution in [3.63, 3.8) is 0 Å². The van der Waals surface area contributed by atoms with Crippen LogP contribution in [0.5, 0.6) is 0 Å². The molecule has 0 nitrogen and oxygen atoms in total. The summed E-state index contributed by atoms with van der Waals surface area (Å²) in [5.41, 5.74) is 1.48. The van der Waals surface area contributed by atoms with E-state index in [0.717, 1.165) is 6.42 Å². The summed E-state index contributed by atoms with van der Waals surface area (Å²) in [7, 11) is 0. The second-order valence-corrected chi connectivity index (χ2v) is 3.97. The van der Waals surface area contributed by atoms with Crippen LogP contribution in [-0.4, -0.2) is 0 Å². The van der Waals surface area contributed by atoms with Crippen LogP contribution in [0.25, 0.3) is 0 Å². The Labute approximate surface area is 85.1 Å². The molecule has 0 saturated carbocycles. The van der Waals surface area contributed by atoms with E-state index in [-0.39, 0.29) is 0 Å². The predicted molar refractivity (Wildman–Crippen MR) is 61.1 cm³/mol. The molecule has 1 heteroatoms. The predicted octanol–water partition coefficient (Wildman–Crippen LogP) is 4.26. The molecule has 1 aliphatic rings. The number of hydrogen-bond acceptors (Lipinski definition) is 1. The van der Waals surface area contributed by atoms with E-state index in [1.807, 2.05) is 25.6 Å². The first-order chi connectivity index (χ1) is 6.36. The second kappa shape index (κ2) is 5.13. The zero-order valence-corrected chi connectivity index (χ0v) is 9.16. The van der Waals surface area contributed by atoms with Crippen molar-refractivity contribution in [2.45, 2.75) is 31.6 Å². The molecule has 0 spiro atoms. The molecular formula is C12H16S. The first kappa shape index (κ1) is 10.4. The number of fused-ring (bicyclic) bond motifs is 1. The van der Waals surface area contributed by atoms with E-state index in [1.54, 1.807) is 0 Å². The Kier molecular flexibility index (Phi) is 4.10. The molecule has 1 heterocycles. The van der Waals surface area contributed by atoms with Gasteiger partial charge in [-0.25, -0.2) is 0 Å². The Morgan fingerprint density at radius 2 is 1.85 bits per heavy atom. The van der Waals surface area contributed by atoms with Gasteiger partial charge < -0.3 is 0 Å². The van der Waals surface area contributed by atoms with E-state index in [1.165, 1.54) is 21.8 Å². The van der Waals surface area contributed by atoms with Crippen LogP contribution < -0.4 is 0 Å². The van der Waals surface area contributed by atoms with Gasteiger partial charge in [-0.2, -0.15) is 0 Å². The molecule has 1 aromatic carbocycles. The minimum atomic E-state index is 1.14. The van der Waals surface area contributed by atoms with Crippen LogP contribution in [0.1, 0.15) is 25.8 Å². The van der Waals surface area contributed by atoms with Gasteiger partial charge in [-0.05, 0) is 29.4 Å². The van der Waals surface area contributed by atoms with Gasteiger partial charge in [-0.15, -0.1) is 0 Å². The fraction of sp³-hybridized carbons (Fsp3) is 0.333. The van der Waals surface area contributed by atoms with Gasteiger partial charge in [0.05, 0.1) is 0 Å². The lowest BCUT2D eigenvalue weighted by Gasteiger charge is -2.15. The molecule has 1 aromatic rings. The molecule has 70 valence electrons. The zero-order chi connectivity index (χ0) is 9.68.